The van der Waals surface area contributed by atoms with Gasteiger partial charge in [-0.05, 0) is 48.1 Å². The number of imide groups is 1. The number of H-pyrrole nitrogens is 1. The molecule has 2 amide bonds. The molecule has 3 fully saturated rings. The number of likely N-dealkylation sites (tertiary alicyclic amines) is 1. The zero-order chi connectivity index (χ0) is 23.9. The molecule has 8 nitrogen and oxygen atoms in total. The van der Waals surface area contributed by atoms with Gasteiger partial charge >= 0.3 is 10.8 Å². The minimum atomic E-state index is -1.12. The predicted octanol–water partition coefficient (Wildman–Crippen LogP) is 2.80. The number of amides is 2. The van der Waals surface area contributed by atoms with E-state index in [-0.39, 0.29) is 57.9 Å². The van der Waals surface area contributed by atoms with Crippen LogP contribution in [0.4, 0.5) is 0 Å². The first-order chi connectivity index (χ1) is 16.3. The number of hydrogen-bond acceptors (Lipinski definition) is 7. The van der Waals surface area contributed by atoms with E-state index in [0.717, 1.165) is 26.8 Å². The lowest BCUT2D eigenvalue weighted by atomic mass is 9.68. The summed E-state index contributed by atoms with van der Waals surface area (Å²) >= 11 is 2.84. The van der Waals surface area contributed by atoms with Crippen molar-refractivity contribution in [1.29, 1.82) is 0 Å². The van der Waals surface area contributed by atoms with Gasteiger partial charge in [-0.2, -0.15) is 0 Å². The van der Waals surface area contributed by atoms with Gasteiger partial charge in [0.15, 0.2) is 0 Å². The molecule has 6 rings (SSSR count). The molecule has 8 atom stereocenters. The van der Waals surface area contributed by atoms with Crippen LogP contribution in [0.1, 0.15) is 43.0 Å². The normalized spacial score (nSPS) is 34.3. The summed E-state index contributed by atoms with van der Waals surface area (Å²) in [5.74, 6) is -2.71. The topological polar surface area (TPSA) is 120 Å². The Morgan fingerprint density at radius 2 is 1.97 bits per heavy atom. The first kappa shape index (κ1) is 22.0. The lowest BCUT2D eigenvalue weighted by Crippen LogP contribution is -2.47. The number of aromatic amines is 1. The molecular weight excluding hydrogens is 474 g/mol. The van der Waals surface area contributed by atoms with Gasteiger partial charge < -0.3 is 10.1 Å². The predicted molar refractivity (Wildman–Crippen MR) is 125 cm³/mol. The van der Waals surface area contributed by atoms with Crippen molar-refractivity contribution >= 4 is 40.9 Å². The van der Waals surface area contributed by atoms with Crippen LogP contribution in [0.3, 0.4) is 0 Å². The Kier molecular flexibility index (Phi) is 5.04. The van der Waals surface area contributed by atoms with E-state index < -0.39 is 23.8 Å². The van der Waals surface area contributed by atoms with Crippen LogP contribution in [-0.4, -0.2) is 49.0 Å². The van der Waals surface area contributed by atoms with E-state index in [1.165, 1.54) is 11.3 Å². The van der Waals surface area contributed by atoms with Crippen molar-refractivity contribution in [2.24, 2.45) is 35.5 Å². The van der Waals surface area contributed by atoms with Gasteiger partial charge in [-0.1, -0.05) is 31.3 Å². The number of carboxylic acids is 1. The van der Waals surface area contributed by atoms with Crippen molar-refractivity contribution in [3.8, 4) is 0 Å². The third-order valence-electron chi connectivity index (χ3n) is 8.09. The summed E-state index contributed by atoms with van der Waals surface area (Å²) in [5.41, 5.74) is 1.01. The number of thioether (sulfide) groups is 1. The Hall–Kier alpha value is -2.46. The van der Waals surface area contributed by atoms with Gasteiger partial charge in [0.2, 0.25) is 11.8 Å². The lowest BCUT2D eigenvalue weighted by molar-refractivity contribution is -0.156. The molecule has 2 saturated carbocycles. The number of hydrogen-bond donors (Lipinski definition) is 2. The molecule has 2 aromatic rings. The molecule has 4 heterocycles. The van der Waals surface area contributed by atoms with Crippen molar-refractivity contribution in [1.82, 2.24) is 14.9 Å². The van der Waals surface area contributed by atoms with Crippen LogP contribution in [-0.2, 0) is 14.4 Å². The molecule has 4 aliphatic rings. The maximum Gasteiger partial charge on any atom is 0.326 e. The van der Waals surface area contributed by atoms with Crippen LogP contribution in [0.5, 0.6) is 0 Å². The summed E-state index contributed by atoms with van der Waals surface area (Å²) in [6, 6.07) is 2.78. The highest BCUT2D eigenvalue weighted by atomic mass is 32.2. The van der Waals surface area contributed by atoms with Crippen molar-refractivity contribution in [2.75, 3.05) is 0 Å². The Labute approximate surface area is 204 Å². The first-order valence-electron chi connectivity index (χ1n) is 11.7. The van der Waals surface area contributed by atoms with Crippen molar-refractivity contribution < 1.29 is 19.5 Å². The second-order valence-corrected chi connectivity index (χ2v) is 12.5. The highest BCUT2D eigenvalue weighted by Gasteiger charge is 2.70. The molecule has 2 aromatic heterocycles. The molecule has 10 heteroatoms. The molecule has 178 valence electrons. The van der Waals surface area contributed by atoms with Crippen molar-refractivity contribution in [3.05, 3.63) is 44.6 Å². The van der Waals surface area contributed by atoms with Gasteiger partial charge in [0, 0.05) is 28.4 Å². The number of aliphatic carboxylic acids is 1. The minimum absolute atomic E-state index is 0.0179. The molecule has 0 aromatic carbocycles. The summed E-state index contributed by atoms with van der Waals surface area (Å²) in [7, 11) is 0. The van der Waals surface area contributed by atoms with Crippen LogP contribution in [0.15, 0.2) is 34.3 Å². The quantitative estimate of drug-likeness (QED) is 0.607. The third-order valence-corrected chi connectivity index (χ3v) is 10.7. The molecule has 1 saturated heterocycles. The molecule has 0 radical (unpaired) electrons. The Morgan fingerprint density at radius 1 is 1.24 bits per heavy atom. The number of carbonyl (C=O) groups excluding carboxylic acids is 2. The molecule has 0 spiro atoms. The number of carboxylic acid groups (broad SMARTS) is 1. The number of rotatable bonds is 5. The summed E-state index contributed by atoms with van der Waals surface area (Å²) in [6.07, 6.45) is 4.57. The van der Waals surface area contributed by atoms with E-state index in [1.54, 1.807) is 18.0 Å². The second kappa shape index (κ2) is 7.78. The molecular formula is C24H25N3O5S2. The molecule has 2 aliphatic carbocycles. The fourth-order valence-electron chi connectivity index (χ4n) is 7.04. The number of thiazole rings is 1. The third kappa shape index (κ3) is 3.00. The second-order valence-electron chi connectivity index (χ2n) is 10.3. The van der Waals surface area contributed by atoms with Gasteiger partial charge in [0.05, 0.1) is 16.9 Å². The lowest BCUT2D eigenvalue weighted by Gasteiger charge is -2.42. The average molecular weight is 500 g/mol. The summed E-state index contributed by atoms with van der Waals surface area (Å²) in [6.45, 7) is 3.79. The molecule has 8 unspecified atom stereocenters. The molecule has 2 aliphatic heterocycles. The minimum Gasteiger partial charge on any atom is -0.480 e. The van der Waals surface area contributed by atoms with Crippen LogP contribution >= 0.6 is 23.1 Å². The zero-order valence-electron chi connectivity index (χ0n) is 18.7. The maximum absolute atomic E-state index is 13.7. The van der Waals surface area contributed by atoms with Crippen LogP contribution in [0.25, 0.3) is 0 Å². The highest BCUT2D eigenvalue weighted by molar-refractivity contribution is 8.00. The number of aromatic nitrogens is 2. The fraction of sp³-hybridized carbons (Fsp3) is 0.542. The van der Waals surface area contributed by atoms with E-state index in [9.17, 15) is 24.3 Å². The number of carbonyl (C=O) groups is 3. The summed E-state index contributed by atoms with van der Waals surface area (Å²) in [5, 5.41) is 10.8. The van der Waals surface area contributed by atoms with Gasteiger partial charge in [0.25, 0.3) is 0 Å². The first-order valence-corrected chi connectivity index (χ1v) is 13.4. The van der Waals surface area contributed by atoms with Gasteiger partial charge in [-0.25, -0.2) is 4.79 Å². The van der Waals surface area contributed by atoms with E-state index >= 15 is 0 Å². The number of nitrogens with one attached hydrogen (secondary N) is 1. The largest absolute Gasteiger partial charge is 0.480 e. The van der Waals surface area contributed by atoms with Crippen LogP contribution in [0, 0.1) is 35.5 Å². The van der Waals surface area contributed by atoms with Crippen LogP contribution in [0.2, 0.25) is 0 Å². The summed E-state index contributed by atoms with van der Waals surface area (Å²) in [4.78, 5) is 60.8. The van der Waals surface area contributed by atoms with Crippen molar-refractivity contribution in [3.63, 3.8) is 0 Å². The Balaban J connectivity index is 1.42. The SMILES string of the molecule is CC(C)CC(C(=O)O)N1C(=O)C2C3CC(C2C1=O)C1C(c2cccnc2)c2sc(=O)[nH]c2SC31. The average Bonchev–Trinajstić information content (AvgIpc) is 3.51. The van der Waals surface area contributed by atoms with E-state index in [4.69, 9.17) is 0 Å². The number of fused-ring (bicyclic) bond motifs is 9. The van der Waals surface area contributed by atoms with Gasteiger partial charge in [0.1, 0.15) is 6.04 Å². The molecule has 34 heavy (non-hydrogen) atoms. The highest BCUT2D eigenvalue weighted by Crippen LogP contribution is 2.68. The Bertz CT molecular complexity index is 1240. The van der Waals surface area contributed by atoms with Crippen LogP contribution < -0.4 is 4.87 Å². The maximum atomic E-state index is 13.7. The smallest absolute Gasteiger partial charge is 0.326 e. The van der Waals surface area contributed by atoms with E-state index in [0.29, 0.717) is 0 Å². The number of pyridine rings is 1. The van der Waals surface area contributed by atoms with E-state index in [2.05, 4.69) is 9.97 Å². The van der Waals surface area contributed by atoms with Gasteiger partial charge in [-0.15, -0.1) is 11.8 Å². The van der Waals surface area contributed by atoms with Gasteiger partial charge in [-0.3, -0.25) is 24.3 Å². The summed E-state index contributed by atoms with van der Waals surface area (Å²) < 4.78 is 0. The molecule has 2 N–H and O–H groups in total. The van der Waals surface area contributed by atoms with Crippen molar-refractivity contribution in [2.45, 2.75) is 48.9 Å². The Morgan fingerprint density at radius 3 is 2.62 bits per heavy atom. The number of nitrogens with zero attached hydrogens (tertiary/aromatic N) is 2. The van der Waals surface area contributed by atoms with E-state index in [1.807, 2.05) is 32.2 Å². The standard InChI is InChI=1S/C24H25N3O5S2/c1-9(2)6-13(23(30)31)27-21(28)16-11-7-12(17(16)22(27)29)18-15(11)14(10-4-3-5-25-8-10)19-20(33-18)26-24(32)34-19/h3-5,8-9,11-18H,6-7H2,1-2H3,(H,26,32)(H,30,31). The fourth-order valence-corrected chi connectivity index (χ4v) is 9.93. The molecule has 2 bridgehead atoms. The zero-order valence-corrected chi connectivity index (χ0v) is 20.3. The monoisotopic (exact) mass is 499 g/mol.